The molecule has 1 amide bonds. The lowest BCUT2D eigenvalue weighted by Gasteiger charge is -2.32. The van der Waals surface area contributed by atoms with Crippen molar-refractivity contribution in [3.63, 3.8) is 0 Å². The predicted octanol–water partition coefficient (Wildman–Crippen LogP) is 5.28. The summed E-state index contributed by atoms with van der Waals surface area (Å²) in [4.78, 5) is 28.0. The van der Waals surface area contributed by atoms with Gasteiger partial charge in [-0.3, -0.25) is 9.59 Å². The monoisotopic (exact) mass is 467 g/mol. The van der Waals surface area contributed by atoms with E-state index in [9.17, 15) is 9.59 Å². The maximum Gasteiger partial charge on any atom is 0.223 e. The number of fused-ring (bicyclic) bond motifs is 7. The number of hydrogen-bond donors (Lipinski definition) is 0. The van der Waals surface area contributed by atoms with Crippen molar-refractivity contribution in [1.29, 1.82) is 0 Å². The van der Waals surface area contributed by atoms with E-state index in [0.717, 1.165) is 38.4 Å². The van der Waals surface area contributed by atoms with Crippen LogP contribution < -0.4 is 14.2 Å². The third-order valence-corrected chi connectivity index (χ3v) is 7.16. The normalized spacial score (nSPS) is 17.0. The third kappa shape index (κ3) is 3.40. The highest BCUT2D eigenvalue weighted by molar-refractivity contribution is 6.22. The lowest BCUT2D eigenvalue weighted by atomic mass is 9.84. The van der Waals surface area contributed by atoms with Crippen molar-refractivity contribution in [2.45, 2.75) is 32.0 Å². The number of benzene rings is 4. The van der Waals surface area contributed by atoms with Gasteiger partial charge < -0.3 is 19.1 Å². The van der Waals surface area contributed by atoms with Crippen molar-refractivity contribution in [2.75, 3.05) is 14.2 Å². The van der Waals surface area contributed by atoms with Crippen LogP contribution in [0.3, 0.4) is 0 Å². The third-order valence-electron chi connectivity index (χ3n) is 7.16. The molecule has 1 fully saturated rings. The van der Waals surface area contributed by atoms with E-state index in [-0.39, 0.29) is 17.7 Å². The van der Waals surface area contributed by atoms with Gasteiger partial charge in [0.05, 0.1) is 20.3 Å². The van der Waals surface area contributed by atoms with Crippen LogP contribution in [0.1, 0.15) is 34.3 Å². The smallest absolute Gasteiger partial charge is 0.223 e. The summed E-state index contributed by atoms with van der Waals surface area (Å²) in [6.07, 6.45) is 0.982. The van der Waals surface area contributed by atoms with E-state index in [1.807, 2.05) is 60.7 Å². The molecule has 2 aliphatic heterocycles. The minimum atomic E-state index is -0.384. The van der Waals surface area contributed by atoms with Crippen molar-refractivity contribution >= 4 is 33.2 Å². The number of carbonyl (C=O) groups excluding carboxylic acids is 2. The summed E-state index contributed by atoms with van der Waals surface area (Å²) in [5.74, 6) is 1.96. The van der Waals surface area contributed by atoms with Gasteiger partial charge in [0, 0.05) is 18.5 Å². The van der Waals surface area contributed by atoms with Crippen LogP contribution in [0.2, 0.25) is 0 Å². The first-order valence-corrected chi connectivity index (χ1v) is 11.7. The number of ketones is 1. The van der Waals surface area contributed by atoms with Crippen LogP contribution in [0.4, 0.5) is 0 Å². The second-order valence-corrected chi connectivity index (χ2v) is 9.03. The fourth-order valence-corrected chi connectivity index (χ4v) is 5.43. The van der Waals surface area contributed by atoms with Crippen molar-refractivity contribution in [2.24, 2.45) is 0 Å². The molecule has 2 aliphatic rings. The average Bonchev–Trinajstić information content (AvgIpc) is 3.28. The van der Waals surface area contributed by atoms with Gasteiger partial charge in [0.1, 0.15) is 12.4 Å². The Bertz CT molecular complexity index is 1490. The number of methoxy groups -OCH3 is 2. The fourth-order valence-electron chi connectivity index (χ4n) is 5.43. The molecule has 0 aromatic heterocycles. The topological polar surface area (TPSA) is 65.1 Å². The number of carbonyl (C=O) groups is 2. The van der Waals surface area contributed by atoms with Crippen molar-refractivity contribution in [1.82, 2.24) is 4.90 Å². The molecule has 176 valence electrons. The van der Waals surface area contributed by atoms with E-state index in [2.05, 4.69) is 0 Å². The molecule has 6 heteroatoms. The molecule has 4 aromatic carbocycles. The van der Waals surface area contributed by atoms with Crippen LogP contribution >= 0.6 is 0 Å². The first-order chi connectivity index (χ1) is 17.1. The molecule has 1 unspecified atom stereocenters. The zero-order valence-electron chi connectivity index (χ0n) is 19.7. The van der Waals surface area contributed by atoms with E-state index in [4.69, 9.17) is 14.2 Å². The molecule has 1 atom stereocenters. The van der Waals surface area contributed by atoms with Crippen LogP contribution in [0.15, 0.2) is 60.7 Å². The van der Waals surface area contributed by atoms with Gasteiger partial charge in [0.2, 0.25) is 5.91 Å². The molecule has 6 rings (SSSR count). The van der Waals surface area contributed by atoms with Crippen molar-refractivity contribution in [3.8, 4) is 17.2 Å². The number of nitrogens with zero attached hydrogens (tertiary/aromatic N) is 1. The zero-order chi connectivity index (χ0) is 24.1. The van der Waals surface area contributed by atoms with Crippen LogP contribution in [-0.2, 0) is 17.9 Å². The Labute approximate surface area is 203 Å². The Morgan fingerprint density at radius 1 is 0.857 bits per heavy atom. The Kier molecular flexibility index (Phi) is 5.10. The van der Waals surface area contributed by atoms with E-state index in [0.29, 0.717) is 43.1 Å². The summed E-state index contributed by atoms with van der Waals surface area (Å²) in [6.45, 7) is 0.864. The minimum Gasteiger partial charge on any atom is -0.493 e. The van der Waals surface area contributed by atoms with Crippen LogP contribution in [0.5, 0.6) is 17.2 Å². The lowest BCUT2D eigenvalue weighted by Crippen LogP contribution is -2.42. The summed E-state index contributed by atoms with van der Waals surface area (Å²) in [5.41, 5.74) is 2.64. The van der Waals surface area contributed by atoms with E-state index >= 15 is 0 Å². The number of Topliss-reactive ketones (excluding diaryl/α,β-unsaturated/α-hetero) is 1. The molecular formula is C29H25NO5. The average molecular weight is 468 g/mol. The van der Waals surface area contributed by atoms with Gasteiger partial charge in [-0.2, -0.15) is 0 Å². The van der Waals surface area contributed by atoms with Gasteiger partial charge in [0.15, 0.2) is 17.3 Å². The second kappa shape index (κ2) is 8.31. The summed E-state index contributed by atoms with van der Waals surface area (Å²) >= 11 is 0. The largest absolute Gasteiger partial charge is 0.493 e. The molecule has 6 nitrogen and oxygen atoms in total. The Balaban J connectivity index is 1.57. The van der Waals surface area contributed by atoms with Gasteiger partial charge in [-0.15, -0.1) is 0 Å². The summed E-state index contributed by atoms with van der Waals surface area (Å²) in [7, 11) is 3.20. The van der Waals surface area contributed by atoms with Crippen molar-refractivity contribution in [3.05, 3.63) is 77.4 Å². The molecule has 2 heterocycles. The number of amides is 1. The Morgan fingerprint density at radius 2 is 1.57 bits per heavy atom. The Hall–Kier alpha value is -4.06. The highest BCUT2D eigenvalue weighted by Crippen LogP contribution is 2.44. The van der Waals surface area contributed by atoms with Gasteiger partial charge in [0.25, 0.3) is 0 Å². The summed E-state index contributed by atoms with van der Waals surface area (Å²) < 4.78 is 17.3. The summed E-state index contributed by atoms with van der Waals surface area (Å²) in [6, 6.07) is 19.4. The molecule has 0 N–H and O–H groups in total. The van der Waals surface area contributed by atoms with Crippen molar-refractivity contribution < 1.29 is 23.8 Å². The molecule has 0 bridgehead atoms. The van der Waals surface area contributed by atoms with Gasteiger partial charge in [-0.05, 0) is 69.4 Å². The second-order valence-electron chi connectivity index (χ2n) is 9.03. The van der Waals surface area contributed by atoms with Crippen LogP contribution in [0, 0.1) is 0 Å². The lowest BCUT2D eigenvalue weighted by molar-refractivity contribution is -0.129. The molecule has 0 aliphatic carbocycles. The van der Waals surface area contributed by atoms with E-state index < -0.39 is 0 Å². The number of hydrogen-bond acceptors (Lipinski definition) is 5. The molecule has 4 aromatic rings. The van der Waals surface area contributed by atoms with Gasteiger partial charge in [-0.25, -0.2) is 0 Å². The van der Waals surface area contributed by atoms with Crippen LogP contribution in [-0.4, -0.2) is 36.9 Å². The highest BCUT2D eigenvalue weighted by Gasteiger charge is 2.42. The quantitative estimate of drug-likeness (QED) is 0.374. The fraction of sp³-hybridized carbons (Fsp3) is 0.241. The standard InChI is InChI=1S/C29H25NO5/c1-33-25-13-21-20-12-18(35-16-17-6-4-3-5-7-17)8-9-19(20)28-23(22(21)14-26(25)34-2)15-30-24(29(28)32)10-11-27(30)31/h3-9,12-14,24H,10-11,15-16H2,1-2H3. The molecule has 0 saturated carbocycles. The maximum atomic E-state index is 13.7. The number of rotatable bonds is 5. The molecule has 0 spiro atoms. The zero-order valence-corrected chi connectivity index (χ0v) is 19.7. The first-order valence-electron chi connectivity index (χ1n) is 11.7. The van der Waals surface area contributed by atoms with E-state index in [1.54, 1.807) is 19.1 Å². The maximum absolute atomic E-state index is 13.7. The molecular weight excluding hydrogens is 442 g/mol. The Morgan fingerprint density at radius 3 is 2.31 bits per heavy atom. The van der Waals surface area contributed by atoms with Crippen LogP contribution in [0.25, 0.3) is 21.5 Å². The van der Waals surface area contributed by atoms with E-state index in [1.165, 1.54) is 0 Å². The first kappa shape index (κ1) is 21.5. The molecule has 1 saturated heterocycles. The predicted molar refractivity (Wildman–Crippen MR) is 133 cm³/mol. The minimum absolute atomic E-state index is 0.0109. The molecule has 35 heavy (non-hydrogen) atoms. The van der Waals surface area contributed by atoms with Gasteiger partial charge in [-0.1, -0.05) is 30.3 Å². The SMILES string of the molecule is COc1cc2c3c(c4ccc(OCc5ccccc5)cc4c2cc1OC)C(=O)C1CCC(=O)N1C3. The molecule has 0 radical (unpaired) electrons. The number of ether oxygens (including phenoxy) is 3. The van der Waals surface area contributed by atoms with Gasteiger partial charge >= 0.3 is 0 Å². The highest BCUT2D eigenvalue weighted by atomic mass is 16.5. The summed E-state index contributed by atoms with van der Waals surface area (Å²) in [5, 5.41) is 3.60.